The number of rotatable bonds is 10. The van der Waals surface area contributed by atoms with E-state index in [9.17, 15) is 0 Å². The van der Waals surface area contributed by atoms with Crippen molar-refractivity contribution < 1.29 is 4.74 Å². The Hall–Kier alpha value is -1.06. The van der Waals surface area contributed by atoms with Gasteiger partial charge in [-0.2, -0.15) is 0 Å². The lowest BCUT2D eigenvalue weighted by Gasteiger charge is -2.25. The van der Waals surface area contributed by atoms with Gasteiger partial charge < -0.3 is 9.64 Å². The van der Waals surface area contributed by atoms with Gasteiger partial charge in [-0.3, -0.25) is 4.90 Å². The van der Waals surface area contributed by atoms with E-state index in [1.54, 1.807) is 0 Å². The molecule has 1 saturated heterocycles. The lowest BCUT2D eigenvalue weighted by molar-refractivity contribution is 0.180. The lowest BCUT2D eigenvalue weighted by Crippen LogP contribution is -2.30. The van der Waals surface area contributed by atoms with Gasteiger partial charge in [-0.1, -0.05) is 51.5 Å². The van der Waals surface area contributed by atoms with Crippen LogP contribution in [-0.4, -0.2) is 55.7 Å². The second-order valence-electron chi connectivity index (χ2n) is 6.87. The van der Waals surface area contributed by atoms with E-state index in [1.165, 1.54) is 51.9 Å². The quantitative estimate of drug-likeness (QED) is 0.224. The third-order valence-electron chi connectivity index (χ3n) is 4.88. The molecule has 0 spiro atoms. The maximum Gasteiger partial charge on any atom is 0.0956 e. The summed E-state index contributed by atoms with van der Waals surface area (Å²) >= 11 is 0. The summed E-state index contributed by atoms with van der Waals surface area (Å²) in [4.78, 5) is 5.09. The fraction of sp³-hybridized carbons (Fsp3) is 0.739. The molecule has 3 nitrogen and oxygen atoms in total. The molecule has 150 valence electrons. The van der Waals surface area contributed by atoms with Crippen LogP contribution in [0.4, 0.5) is 0 Å². The van der Waals surface area contributed by atoms with E-state index in [2.05, 4.69) is 47.1 Å². The minimum absolute atomic E-state index is 0.835. The first-order chi connectivity index (χ1) is 12.9. The Kier molecular flexibility index (Phi) is 14.3. The highest BCUT2D eigenvalue weighted by atomic mass is 16.5. The number of hydrogen-bond acceptors (Lipinski definition) is 3. The molecule has 2 aliphatic heterocycles. The molecular weight excluding hydrogens is 320 g/mol. The van der Waals surface area contributed by atoms with E-state index in [-0.39, 0.29) is 0 Å². The van der Waals surface area contributed by atoms with Crippen LogP contribution in [0.25, 0.3) is 0 Å². The third kappa shape index (κ3) is 10.8. The standard InChI is InChI=1S/C21H36N2O.C2H6/c1-2-21(24-20-12-19-23-17-10-5-11-18-23)13-6-3-7-14-22-15-8-4-9-16-22;1-2/h3,5-6,10,13H,2,4,7-9,11-12,14-20H2,1H3;1-2H3/b6-3-,21-13+;. The molecule has 3 heteroatoms. The number of allylic oxidation sites excluding steroid dienone is 3. The summed E-state index contributed by atoms with van der Waals surface area (Å²) in [6.07, 6.45) is 19.8. The van der Waals surface area contributed by atoms with Gasteiger partial charge in [0.1, 0.15) is 0 Å². The molecule has 2 aliphatic rings. The van der Waals surface area contributed by atoms with Gasteiger partial charge in [-0.05, 0) is 51.3 Å². The van der Waals surface area contributed by atoms with E-state index >= 15 is 0 Å². The maximum absolute atomic E-state index is 5.93. The molecule has 2 heterocycles. The Morgan fingerprint density at radius 1 is 1.00 bits per heavy atom. The van der Waals surface area contributed by atoms with Crippen molar-refractivity contribution in [1.29, 1.82) is 0 Å². The fourth-order valence-corrected chi connectivity index (χ4v) is 3.36. The van der Waals surface area contributed by atoms with Crippen molar-refractivity contribution >= 4 is 0 Å². The summed E-state index contributed by atoms with van der Waals surface area (Å²) in [5.41, 5.74) is 0. The zero-order valence-corrected chi connectivity index (χ0v) is 17.6. The van der Waals surface area contributed by atoms with Crippen molar-refractivity contribution in [3.05, 3.63) is 36.1 Å². The number of likely N-dealkylation sites (tertiary alicyclic amines) is 1. The molecule has 0 aromatic carbocycles. The average molecular weight is 363 g/mol. The lowest BCUT2D eigenvalue weighted by atomic mass is 10.1. The molecule has 0 bridgehead atoms. The number of hydrogen-bond donors (Lipinski definition) is 0. The highest BCUT2D eigenvalue weighted by molar-refractivity contribution is 5.07. The van der Waals surface area contributed by atoms with Gasteiger partial charge >= 0.3 is 0 Å². The minimum Gasteiger partial charge on any atom is -0.498 e. The van der Waals surface area contributed by atoms with Crippen molar-refractivity contribution in [2.45, 2.75) is 65.7 Å². The monoisotopic (exact) mass is 362 g/mol. The Labute approximate surface area is 162 Å². The van der Waals surface area contributed by atoms with Crippen molar-refractivity contribution in [1.82, 2.24) is 9.80 Å². The number of nitrogens with zero attached hydrogens (tertiary/aromatic N) is 2. The largest absolute Gasteiger partial charge is 0.498 e. The third-order valence-corrected chi connectivity index (χ3v) is 4.88. The van der Waals surface area contributed by atoms with Crippen molar-refractivity contribution in [2.24, 2.45) is 0 Å². The molecular formula is C23H42N2O. The Morgan fingerprint density at radius 2 is 1.81 bits per heavy atom. The molecule has 0 N–H and O–H groups in total. The van der Waals surface area contributed by atoms with Gasteiger partial charge in [-0.25, -0.2) is 0 Å². The van der Waals surface area contributed by atoms with E-state index in [1.807, 2.05) is 13.8 Å². The van der Waals surface area contributed by atoms with E-state index in [4.69, 9.17) is 4.74 Å². The van der Waals surface area contributed by atoms with E-state index in [0.717, 1.165) is 44.7 Å². The first-order valence-electron chi connectivity index (χ1n) is 11.0. The normalized spacial score (nSPS) is 19.4. The summed E-state index contributed by atoms with van der Waals surface area (Å²) in [7, 11) is 0. The molecule has 0 aliphatic carbocycles. The Morgan fingerprint density at radius 3 is 2.50 bits per heavy atom. The van der Waals surface area contributed by atoms with Crippen LogP contribution in [0.3, 0.4) is 0 Å². The van der Waals surface area contributed by atoms with Crippen LogP contribution in [0.2, 0.25) is 0 Å². The van der Waals surface area contributed by atoms with Gasteiger partial charge in [0, 0.05) is 32.6 Å². The van der Waals surface area contributed by atoms with Crippen molar-refractivity contribution in [2.75, 3.05) is 45.9 Å². The smallest absolute Gasteiger partial charge is 0.0956 e. The van der Waals surface area contributed by atoms with Crippen molar-refractivity contribution in [3.63, 3.8) is 0 Å². The molecule has 0 aromatic heterocycles. The highest BCUT2D eigenvalue weighted by Gasteiger charge is 2.08. The van der Waals surface area contributed by atoms with Crippen LogP contribution in [-0.2, 0) is 4.74 Å². The van der Waals surface area contributed by atoms with E-state index in [0.29, 0.717) is 0 Å². The topological polar surface area (TPSA) is 15.7 Å². The van der Waals surface area contributed by atoms with Crippen LogP contribution in [0.5, 0.6) is 0 Å². The van der Waals surface area contributed by atoms with Gasteiger partial charge in [0.2, 0.25) is 0 Å². The highest BCUT2D eigenvalue weighted by Crippen LogP contribution is 2.09. The molecule has 0 aromatic rings. The first kappa shape index (κ1) is 23.0. The second-order valence-corrected chi connectivity index (χ2v) is 6.87. The zero-order valence-electron chi connectivity index (χ0n) is 17.6. The SMILES string of the molecule is CC.CC/C(=C\C=C/CCN1CCCCC1)OCCCN1CC=CCC1. The van der Waals surface area contributed by atoms with Crippen LogP contribution in [0.1, 0.15) is 65.7 Å². The zero-order chi connectivity index (χ0) is 18.9. The first-order valence-corrected chi connectivity index (χ1v) is 11.0. The van der Waals surface area contributed by atoms with Gasteiger partial charge in [0.25, 0.3) is 0 Å². The van der Waals surface area contributed by atoms with E-state index < -0.39 is 0 Å². The molecule has 26 heavy (non-hydrogen) atoms. The molecule has 2 rings (SSSR count). The predicted molar refractivity (Wildman–Crippen MR) is 115 cm³/mol. The van der Waals surface area contributed by atoms with Gasteiger partial charge in [0.15, 0.2) is 0 Å². The molecule has 1 fully saturated rings. The number of piperidine rings is 1. The second kappa shape index (κ2) is 16.1. The van der Waals surface area contributed by atoms with Crippen LogP contribution in [0.15, 0.2) is 36.1 Å². The molecule has 0 atom stereocenters. The van der Waals surface area contributed by atoms with Crippen LogP contribution < -0.4 is 0 Å². The van der Waals surface area contributed by atoms with Gasteiger partial charge in [-0.15, -0.1) is 0 Å². The molecule has 0 saturated carbocycles. The van der Waals surface area contributed by atoms with Crippen LogP contribution >= 0.6 is 0 Å². The van der Waals surface area contributed by atoms with Crippen LogP contribution in [0, 0.1) is 0 Å². The Balaban J connectivity index is 0.00000163. The average Bonchev–Trinajstić information content (AvgIpc) is 2.72. The maximum atomic E-state index is 5.93. The predicted octanol–water partition coefficient (Wildman–Crippen LogP) is 5.41. The summed E-state index contributed by atoms with van der Waals surface area (Å²) < 4.78 is 5.93. The molecule has 0 unspecified atom stereocenters. The summed E-state index contributed by atoms with van der Waals surface area (Å²) in [5, 5.41) is 0. The summed E-state index contributed by atoms with van der Waals surface area (Å²) in [6.45, 7) is 14.2. The van der Waals surface area contributed by atoms with Crippen molar-refractivity contribution in [3.8, 4) is 0 Å². The Bertz CT molecular complexity index is 408. The molecule has 0 amide bonds. The molecule has 0 radical (unpaired) electrons. The fourth-order valence-electron chi connectivity index (χ4n) is 3.36. The van der Waals surface area contributed by atoms with Gasteiger partial charge in [0.05, 0.1) is 12.4 Å². The summed E-state index contributed by atoms with van der Waals surface area (Å²) in [5.74, 6) is 1.11. The minimum atomic E-state index is 0.835. The number of ether oxygens (including phenoxy) is 1. The summed E-state index contributed by atoms with van der Waals surface area (Å²) in [6, 6.07) is 0.